The SMILES string of the molecule is C=CCn1c(SCC(=O)c2ccc(Cl)cc2)nnc1-c1ccccc1. The van der Waals surface area contributed by atoms with Gasteiger partial charge in [-0.1, -0.05) is 59.8 Å². The fourth-order valence-electron chi connectivity index (χ4n) is 2.34. The molecule has 0 unspecified atom stereocenters. The van der Waals surface area contributed by atoms with Crippen LogP contribution in [0.15, 0.2) is 72.4 Å². The molecule has 0 bridgehead atoms. The third-order valence-corrected chi connectivity index (χ3v) is 4.78. The van der Waals surface area contributed by atoms with E-state index >= 15 is 0 Å². The summed E-state index contributed by atoms with van der Waals surface area (Å²) in [6.07, 6.45) is 1.79. The molecule has 6 heteroatoms. The van der Waals surface area contributed by atoms with Crippen LogP contribution in [0.1, 0.15) is 10.4 Å². The molecule has 4 nitrogen and oxygen atoms in total. The summed E-state index contributed by atoms with van der Waals surface area (Å²) < 4.78 is 1.96. The summed E-state index contributed by atoms with van der Waals surface area (Å²) in [6, 6.07) is 16.7. The van der Waals surface area contributed by atoms with E-state index in [1.165, 1.54) is 11.8 Å². The first-order chi connectivity index (χ1) is 12.2. The molecule has 0 saturated heterocycles. The van der Waals surface area contributed by atoms with Crippen LogP contribution >= 0.6 is 23.4 Å². The van der Waals surface area contributed by atoms with E-state index in [1.807, 2.05) is 34.9 Å². The van der Waals surface area contributed by atoms with Gasteiger partial charge in [-0.05, 0) is 24.3 Å². The molecule has 1 heterocycles. The number of Topliss-reactive ketones (excluding diaryl/α,β-unsaturated/α-hetero) is 1. The summed E-state index contributed by atoms with van der Waals surface area (Å²) in [7, 11) is 0. The molecular weight excluding hydrogens is 354 g/mol. The summed E-state index contributed by atoms with van der Waals surface area (Å²) in [4.78, 5) is 12.3. The van der Waals surface area contributed by atoms with Crippen LogP contribution in [0.5, 0.6) is 0 Å². The van der Waals surface area contributed by atoms with Gasteiger partial charge in [0.25, 0.3) is 0 Å². The smallest absolute Gasteiger partial charge is 0.192 e. The standard InChI is InChI=1S/C19H16ClN3OS/c1-2-12-23-18(15-6-4-3-5-7-15)21-22-19(23)25-13-17(24)14-8-10-16(20)11-9-14/h2-11H,1,12-13H2. The highest BCUT2D eigenvalue weighted by Gasteiger charge is 2.15. The average Bonchev–Trinajstić information content (AvgIpc) is 3.04. The Kier molecular flexibility index (Phi) is 5.68. The van der Waals surface area contributed by atoms with Gasteiger partial charge in [-0.3, -0.25) is 9.36 Å². The molecule has 3 rings (SSSR count). The molecule has 0 atom stereocenters. The Morgan fingerprint density at radius 2 is 1.84 bits per heavy atom. The zero-order valence-corrected chi connectivity index (χ0v) is 15.0. The molecule has 1 aromatic heterocycles. The van der Waals surface area contributed by atoms with Crippen LogP contribution in [0, 0.1) is 0 Å². The maximum Gasteiger partial charge on any atom is 0.192 e. The maximum atomic E-state index is 12.3. The lowest BCUT2D eigenvalue weighted by Crippen LogP contribution is -2.05. The molecule has 0 radical (unpaired) electrons. The number of ketones is 1. The highest BCUT2D eigenvalue weighted by molar-refractivity contribution is 7.99. The van der Waals surface area contributed by atoms with Crippen molar-refractivity contribution in [2.45, 2.75) is 11.7 Å². The minimum Gasteiger partial charge on any atom is -0.298 e. The molecule has 0 aliphatic rings. The van der Waals surface area contributed by atoms with E-state index in [0.717, 1.165) is 11.4 Å². The van der Waals surface area contributed by atoms with E-state index in [-0.39, 0.29) is 11.5 Å². The summed E-state index contributed by atoms with van der Waals surface area (Å²) in [5, 5.41) is 9.84. The number of nitrogens with zero attached hydrogens (tertiary/aromatic N) is 3. The Balaban J connectivity index is 1.78. The van der Waals surface area contributed by atoms with Crippen molar-refractivity contribution in [2.75, 3.05) is 5.75 Å². The Morgan fingerprint density at radius 3 is 2.52 bits per heavy atom. The molecular formula is C19H16ClN3OS. The van der Waals surface area contributed by atoms with Crippen molar-refractivity contribution in [1.29, 1.82) is 0 Å². The van der Waals surface area contributed by atoms with Gasteiger partial charge in [0.1, 0.15) is 0 Å². The molecule has 2 aromatic carbocycles. The minimum absolute atomic E-state index is 0.0241. The van der Waals surface area contributed by atoms with Crippen molar-refractivity contribution >= 4 is 29.1 Å². The Bertz CT molecular complexity index is 875. The quantitative estimate of drug-likeness (QED) is 0.342. The first-order valence-electron chi connectivity index (χ1n) is 7.70. The van der Waals surface area contributed by atoms with E-state index in [4.69, 9.17) is 11.6 Å². The first-order valence-corrected chi connectivity index (χ1v) is 9.06. The van der Waals surface area contributed by atoms with Crippen LogP contribution in [-0.4, -0.2) is 26.3 Å². The number of allylic oxidation sites excluding steroid dienone is 1. The number of hydrogen-bond donors (Lipinski definition) is 0. The average molecular weight is 370 g/mol. The number of hydrogen-bond acceptors (Lipinski definition) is 4. The van der Waals surface area contributed by atoms with Crippen molar-refractivity contribution in [3.05, 3.63) is 77.8 Å². The molecule has 0 amide bonds. The van der Waals surface area contributed by atoms with E-state index in [9.17, 15) is 4.79 Å². The van der Waals surface area contributed by atoms with Gasteiger partial charge in [0.2, 0.25) is 0 Å². The number of thioether (sulfide) groups is 1. The molecule has 0 spiro atoms. The summed E-state index contributed by atoms with van der Waals surface area (Å²) in [5.74, 6) is 1.07. The zero-order chi connectivity index (χ0) is 17.6. The number of rotatable bonds is 7. The van der Waals surface area contributed by atoms with E-state index < -0.39 is 0 Å². The maximum absolute atomic E-state index is 12.3. The third-order valence-electron chi connectivity index (χ3n) is 3.56. The van der Waals surface area contributed by atoms with Crippen LogP contribution in [0.25, 0.3) is 11.4 Å². The van der Waals surface area contributed by atoms with Gasteiger partial charge in [0.05, 0.1) is 5.75 Å². The van der Waals surface area contributed by atoms with Crippen LogP contribution in [-0.2, 0) is 6.54 Å². The Labute approximate surface area is 155 Å². The van der Waals surface area contributed by atoms with Crippen LogP contribution in [0.2, 0.25) is 5.02 Å². The highest BCUT2D eigenvalue weighted by Crippen LogP contribution is 2.24. The van der Waals surface area contributed by atoms with Crippen LogP contribution < -0.4 is 0 Å². The number of aromatic nitrogens is 3. The van der Waals surface area contributed by atoms with Crippen molar-refractivity contribution < 1.29 is 4.79 Å². The van der Waals surface area contributed by atoms with Crippen molar-refractivity contribution in [3.63, 3.8) is 0 Å². The predicted octanol–water partition coefficient (Wildman–Crippen LogP) is 4.76. The second kappa shape index (κ2) is 8.14. The normalized spacial score (nSPS) is 10.6. The van der Waals surface area contributed by atoms with Gasteiger partial charge >= 0.3 is 0 Å². The van der Waals surface area contributed by atoms with E-state index in [0.29, 0.717) is 22.3 Å². The number of carbonyl (C=O) groups is 1. The second-order valence-corrected chi connectivity index (χ2v) is 6.67. The molecule has 0 aliphatic carbocycles. The number of benzene rings is 2. The van der Waals surface area contributed by atoms with Crippen LogP contribution in [0.3, 0.4) is 0 Å². The second-order valence-electron chi connectivity index (χ2n) is 5.29. The van der Waals surface area contributed by atoms with Crippen molar-refractivity contribution in [1.82, 2.24) is 14.8 Å². The predicted molar refractivity (Wildman–Crippen MR) is 102 cm³/mol. The third kappa shape index (κ3) is 4.18. The lowest BCUT2D eigenvalue weighted by molar-refractivity contribution is 0.102. The van der Waals surface area contributed by atoms with E-state index in [1.54, 1.807) is 30.3 Å². The molecule has 3 aromatic rings. The molecule has 126 valence electrons. The fraction of sp³-hybridized carbons (Fsp3) is 0.105. The molecule has 0 saturated carbocycles. The van der Waals surface area contributed by atoms with Gasteiger partial charge in [0.15, 0.2) is 16.8 Å². The van der Waals surface area contributed by atoms with Crippen molar-refractivity contribution in [2.24, 2.45) is 0 Å². The summed E-state index contributed by atoms with van der Waals surface area (Å²) >= 11 is 7.23. The highest BCUT2D eigenvalue weighted by atomic mass is 35.5. The fourth-order valence-corrected chi connectivity index (χ4v) is 3.31. The van der Waals surface area contributed by atoms with Crippen LogP contribution in [0.4, 0.5) is 0 Å². The summed E-state index contributed by atoms with van der Waals surface area (Å²) in [6.45, 7) is 4.38. The largest absolute Gasteiger partial charge is 0.298 e. The Hall–Kier alpha value is -2.37. The lowest BCUT2D eigenvalue weighted by Gasteiger charge is -2.07. The van der Waals surface area contributed by atoms with Gasteiger partial charge in [-0.15, -0.1) is 16.8 Å². The van der Waals surface area contributed by atoms with E-state index in [2.05, 4.69) is 16.8 Å². The Morgan fingerprint density at radius 1 is 1.12 bits per heavy atom. The lowest BCUT2D eigenvalue weighted by atomic mass is 10.1. The number of carbonyl (C=O) groups excluding carboxylic acids is 1. The molecule has 25 heavy (non-hydrogen) atoms. The molecule has 0 N–H and O–H groups in total. The molecule has 0 fully saturated rings. The summed E-state index contributed by atoms with van der Waals surface area (Å²) in [5.41, 5.74) is 1.61. The number of halogens is 1. The van der Waals surface area contributed by atoms with Gasteiger partial charge in [-0.25, -0.2) is 0 Å². The van der Waals surface area contributed by atoms with Crippen molar-refractivity contribution in [3.8, 4) is 11.4 Å². The molecule has 0 aliphatic heterocycles. The minimum atomic E-state index is 0.0241. The van der Waals surface area contributed by atoms with Gasteiger partial charge in [-0.2, -0.15) is 0 Å². The monoisotopic (exact) mass is 369 g/mol. The first kappa shape index (κ1) is 17.5. The topological polar surface area (TPSA) is 47.8 Å². The zero-order valence-electron chi connectivity index (χ0n) is 13.4. The van der Waals surface area contributed by atoms with Gasteiger partial charge < -0.3 is 0 Å². The van der Waals surface area contributed by atoms with Gasteiger partial charge in [0, 0.05) is 22.7 Å².